The number of nitrogens with zero attached hydrogens (tertiary/aromatic N) is 1. The quantitative estimate of drug-likeness (QED) is 0.0748. The van der Waals surface area contributed by atoms with Crippen LogP contribution in [-0.4, -0.2) is 0 Å². The van der Waals surface area contributed by atoms with Gasteiger partial charge in [-0.25, -0.2) is 0 Å². The lowest BCUT2D eigenvalue weighted by Crippen LogP contribution is -2.28. The van der Waals surface area contributed by atoms with Gasteiger partial charge in [0.2, 0.25) is 0 Å². The molecule has 1 aliphatic carbocycles. The molecule has 0 unspecified atom stereocenters. The second kappa shape index (κ2) is 18.8. The van der Waals surface area contributed by atoms with Gasteiger partial charge in [-0.1, -0.05) is 211 Å². The molecular weight excluding hydrogens is 675 g/mol. The van der Waals surface area contributed by atoms with Crippen molar-refractivity contribution >= 4 is 17.1 Å². The van der Waals surface area contributed by atoms with Crippen LogP contribution in [-0.2, 0) is 5.41 Å². The molecule has 0 aromatic heterocycles. The predicted octanol–water partition coefficient (Wildman–Crippen LogP) is 16.9. The average Bonchev–Trinajstić information content (AvgIpc) is 3.52. The monoisotopic (exact) mass is 737 g/mol. The first-order chi connectivity index (χ1) is 27.5. The molecule has 56 heavy (non-hydrogen) atoms. The van der Waals surface area contributed by atoms with E-state index in [1.165, 1.54) is 157 Å². The molecule has 7 rings (SSSR count). The highest BCUT2D eigenvalue weighted by molar-refractivity contribution is 5.91. The van der Waals surface area contributed by atoms with Crippen molar-refractivity contribution in [3.63, 3.8) is 0 Å². The standard InChI is InChI=1S/C55H63N/c1-5-7-9-11-13-17-40-55(41-18-14-12-10-8-6-2)52-22-16-15-20-50(52)51-21-19-23-53(54(51)55)56(48-36-32-46(33-37-48)44-28-24-42(3)25-29-44)49-38-34-47(35-39-49)45-30-26-43(4)27-31-45/h15-16,19-39H,5-14,17-18,40-41H2,1-4H3. The van der Waals surface area contributed by atoms with E-state index in [1.54, 1.807) is 5.56 Å². The van der Waals surface area contributed by atoms with E-state index < -0.39 is 0 Å². The second-order valence-electron chi connectivity index (χ2n) is 16.5. The number of anilines is 3. The highest BCUT2D eigenvalue weighted by Crippen LogP contribution is 2.58. The zero-order chi connectivity index (χ0) is 38.7. The van der Waals surface area contributed by atoms with E-state index >= 15 is 0 Å². The largest absolute Gasteiger partial charge is 0.310 e. The minimum absolute atomic E-state index is 0.0278. The maximum Gasteiger partial charge on any atom is 0.0508 e. The summed E-state index contributed by atoms with van der Waals surface area (Å²) < 4.78 is 0. The van der Waals surface area contributed by atoms with Gasteiger partial charge in [0.15, 0.2) is 0 Å². The summed E-state index contributed by atoms with van der Waals surface area (Å²) in [5.41, 5.74) is 17.2. The Morgan fingerprint density at radius 3 is 1.29 bits per heavy atom. The van der Waals surface area contributed by atoms with E-state index in [4.69, 9.17) is 0 Å². The van der Waals surface area contributed by atoms with Crippen molar-refractivity contribution in [1.82, 2.24) is 0 Å². The maximum atomic E-state index is 2.57. The first-order valence-corrected chi connectivity index (χ1v) is 21.9. The lowest BCUT2D eigenvalue weighted by Gasteiger charge is -2.37. The first-order valence-electron chi connectivity index (χ1n) is 21.9. The molecule has 1 heteroatoms. The summed E-state index contributed by atoms with van der Waals surface area (Å²) in [5.74, 6) is 0. The van der Waals surface area contributed by atoms with E-state index in [9.17, 15) is 0 Å². The zero-order valence-electron chi connectivity index (χ0n) is 34.6. The normalized spacial score (nSPS) is 12.7. The average molecular weight is 738 g/mol. The first kappa shape index (κ1) is 39.4. The van der Waals surface area contributed by atoms with Gasteiger partial charge in [-0.2, -0.15) is 0 Å². The van der Waals surface area contributed by atoms with Crippen LogP contribution < -0.4 is 4.90 Å². The van der Waals surface area contributed by atoms with Crippen molar-refractivity contribution in [1.29, 1.82) is 0 Å². The van der Waals surface area contributed by atoms with Crippen molar-refractivity contribution in [2.24, 2.45) is 0 Å². The molecular formula is C55H63N. The molecule has 0 amide bonds. The number of hydrogen-bond acceptors (Lipinski definition) is 1. The Balaban J connectivity index is 1.35. The van der Waals surface area contributed by atoms with Crippen LogP contribution in [0.5, 0.6) is 0 Å². The Bertz CT molecular complexity index is 2010. The molecule has 0 atom stereocenters. The van der Waals surface area contributed by atoms with Crippen molar-refractivity contribution in [3.8, 4) is 33.4 Å². The van der Waals surface area contributed by atoms with Crippen LogP contribution in [0.2, 0.25) is 0 Å². The van der Waals surface area contributed by atoms with Gasteiger partial charge in [0, 0.05) is 16.8 Å². The molecule has 0 N–H and O–H groups in total. The topological polar surface area (TPSA) is 3.24 Å². The number of aryl methyl sites for hydroxylation is 2. The van der Waals surface area contributed by atoms with Gasteiger partial charge >= 0.3 is 0 Å². The molecule has 0 saturated heterocycles. The molecule has 6 aromatic rings. The fourth-order valence-corrected chi connectivity index (χ4v) is 9.31. The molecule has 0 fully saturated rings. The lowest BCUT2D eigenvalue weighted by atomic mass is 9.70. The van der Waals surface area contributed by atoms with Gasteiger partial charge in [-0.05, 0) is 102 Å². The molecule has 6 aromatic carbocycles. The highest BCUT2D eigenvalue weighted by atomic mass is 15.1. The van der Waals surface area contributed by atoms with Crippen molar-refractivity contribution in [3.05, 3.63) is 162 Å². The minimum Gasteiger partial charge on any atom is -0.310 e. The molecule has 0 spiro atoms. The Morgan fingerprint density at radius 1 is 0.393 bits per heavy atom. The molecule has 0 aliphatic heterocycles. The van der Waals surface area contributed by atoms with Crippen LogP contribution in [0, 0.1) is 13.8 Å². The second-order valence-corrected chi connectivity index (χ2v) is 16.5. The highest BCUT2D eigenvalue weighted by Gasteiger charge is 2.44. The molecule has 1 nitrogen and oxygen atoms in total. The zero-order valence-corrected chi connectivity index (χ0v) is 34.6. The third-order valence-corrected chi connectivity index (χ3v) is 12.4. The van der Waals surface area contributed by atoms with Crippen molar-refractivity contribution in [2.45, 2.75) is 123 Å². The third-order valence-electron chi connectivity index (χ3n) is 12.4. The third kappa shape index (κ3) is 8.73. The number of rotatable bonds is 19. The summed E-state index contributed by atoms with van der Waals surface area (Å²) in [6, 6.07) is 53.0. The van der Waals surface area contributed by atoms with Crippen molar-refractivity contribution in [2.75, 3.05) is 4.90 Å². The summed E-state index contributed by atoms with van der Waals surface area (Å²) >= 11 is 0. The van der Waals surface area contributed by atoms with E-state index in [1.807, 2.05) is 0 Å². The summed E-state index contributed by atoms with van der Waals surface area (Å²) in [5, 5.41) is 0. The Kier molecular flexibility index (Phi) is 13.2. The summed E-state index contributed by atoms with van der Waals surface area (Å²) in [4.78, 5) is 2.57. The number of hydrogen-bond donors (Lipinski definition) is 0. The van der Waals surface area contributed by atoms with E-state index in [0.29, 0.717) is 0 Å². The van der Waals surface area contributed by atoms with Crippen LogP contribution >= 0.6 is 0 Å². The van der Waals surface area contributed by atoms with Gasteiger partial charge in [-0.3, -0.25) is 0 Å². The van der Waals surface area contributed by atoms with Crippen LogP contribution in [0.3, 0.4) is 0 Å². The number of unbranched alkanes of at least 4 members (excludes halogenated alkanes) is 10. The van der Waals surface area contributed by atoms with Gasteiger partial charge in [-0.15, -0.1) is 0 Å². The Hall–Kier alpha value is -4.88. The van der Waals surface area contributed by atoms with Crippen LogP contribution in [0.4, 0.5) is 17.1 Å². The van der Waals surface area contributed by atoms with E-state index in [0.717, 1.165) is 0 Å². The van der Waals surface area contributed by atoms with Gasteiger partial charge in [0.25, 0.3) is 0 Å². The molecule has 0 heterocycles. The fourth-order valence-electron chi connectivity index (χ4n) is 9.31. The minimum atomic E-state index is -0.0278. The van der Waals surface area contributed by atoms with Crippen LogP contribution in [0.1, 0.15) is 126 Å². The van der Waals surface area contributed by atoms with E-state index in [-0.39, 0.29) is 5.41 Å². The summed E-state index contributed by atoms with van der Waals surface area (Å²) in [7, 11) is 0. The molecule has 0 bridgehead atoms. The lowest BCUT2D eigenvalue weighted by molar-refractivity contribution is 0.398. The van der Waals surface area contributed by atoms with Crippen LogP contribution in [0.15, 0.2) is 140 Å². The Morgan fingerprint density at radius 2 is 0.804 bits per heavy atom. The van der Waals surface area contributed by atoms with E-state index in [2.05, 4.69) is 172 Å². The van der Waals surface area contributed by atoms with Gasteiger partial charge < -0.3 is 4.90 Å². The molecule has 0 saturated carbocycles. The molecule has 0 radical (unpaired) electrons. The number of benzene rings is 6. The van der Waals surface area contributed by atoms with Crippen LogP contribution in [0.25, 0.3) is 33.4 Å². The molecule has 288 valence electrons. The predicted molar refractivity (Wildman–Crippen MR) is 244 cm³/mol. The van der Waals surface area contributed by atoms with Gasteiger partial charge in [0.05, 0.1) is 5.69 Å². The summed E-state index contributed by atoms with van der Waals surface area (Å²) in [6.07, 6.45) is 18.2. The molecule has 1 aliphatic rings. The Labute approximate surface area is 338 Å². The fraction of sp³-hybridized carbons (Fsp3) is 0.345. The number of fused-ring (bicyclic) bond motifs is 3. The smallest absolute Gasteiger partial charge is 0.0508 e. The maximum absolute atomic E-state index is 2.57. The SMILES string of the molecule is CCCCCCCCC1(CCCCCCCC)c2ccccc2-c2cccc(N(c3ccc(-c4ccc(C)cc4)cc3)c3ccc(-c4ccc(C)cc4)cc3)c21. The summed E-state index contributed by atoms with van der Waals surface area (Å²) in [6.45, 7) is 8.96. The van der Waals surface area contributed by atoms with Crippen molar-refractivity contribution < 1.29 is 0 Å². The van der Waals surface area contributed by atoms with Gasteiger partial charge in [0.1, 0.15) is 0 Å².